The summed E-state index contributed by atoms with van der Waals surface area (Å²) in [6, 6.07) is -2.03. The SMILES string of the molecule is CCOC(C)OC[C@@H]1C[C@H](C(=O)OC(C)(C)C)N(C(=O)OC(C)(C)C)[C@H]1[C@@H](N)C(CC)(CC)OC. The lowest BCUT2D eigenvalue weighted by Gasteiger charge is -2.44. The van der Waals surface area contributed by atoms with Crippen LogP contribution >= 0.6 is 0 Å². The molecule has 1 aliphatic rings. The summed E-state index contributed by atoms with van der Waals surface area (Å²) < 4.78 is 28.9. The van der Waals surface area contributed by atoms with Gasteiger partial charge in [-0.15, -0.1) is 0 Å². The maximum absolute atomic E-state index is 13.6. The molecule has 1 fully saturated rings. The van der Waals surface area contributed by atoms with Gasteiger partial charge in [0.05, 0.1) is 24.3 Å². The van der Waals surface area contributed by atoms with E-state index in [1.807, 2.05) is 27.7 Å². The van der Waals surface area contributed by atoms with Crippen LogP contribution in [-0.4, -0.2) is 78.5 Å². The molecule has 0 bridgehead atoms. The highest BCUT2D eigenvalue weighted by molar-refractivity contribution is 5.83. The number of amides is 1. The number of carbonyl (C=O) groups is 2. The number of hydrogen-bond donors (Lipinski definition) is 1. The Balaban J connectivity index is 3.54. The second kappa shape index (κ2) is 12.7. The van der Waals surface area contributed by atoms with Crippen LogP contribution in [0.2, 0.25) is 0 Å². The summed E-state index contributed by atoms with van der Waals surface area (Å²) >= 11 is 0. The molecule has 5 atom stereocenters. The molecular formula is C26H50N2O7. The first-order valence-electron chi connectivity index (χ1n) is 12.8. The molecule has 0 spiro atoms. The van der Waals surface area contributed by atoms with E-state index in [2.05, 4.69) is 0 Å². The highest BCUT2D eigenvalue weighted by Gasteiger charge is 2.55. The molecule has 1 rings (SSSR count). The second-order valence-corrected chi connectivity index (χ2v) is 11.3. The average molecular weight is 503 g/mol. The number of rotatable bonds is 11. The van der Waals surface area contributed by atoms with Crippen molar-refractivity contribution in [1.82, 2.24) is 4.90 Å². The van der Waals surface area contributed by atoms with Gasteiger partial charge >= 0.3 is 12.1 Å². The summed E-state index contributed by atoms with van der Waals surface area (Å²) in [6.07, 6.45) is 0.571. The van der Waals surface area contributed by atoms with E-state index in [0.717, 1.165) is 0 Å². The highest BCUT2D eigenvalue weighted by atomic mass is 16.7. The first-order chi connectivity index (χ1) is 16.1. The van der Waals surface area contributed by atoms with Gasteiger partial charge in [0.15, 0.2) is 6.29 Å². The van der Waals surface area contributed by atoms with Gasteiger partial charge in [0, 0.05) is 19.6 Å². The number of hydrogen-bond acceptors (Lipinski definition) is 8. The smallest absolute Gasteiger partial charge is 0.411 e. The molecule has 1 heterocycles. The summed E-state index contributed by atoms with van der Waals surface area (Å²) in [4.78, 5) is 28.4. The Morgan fingerprint density at radius 2 is 1.51 bits per heavy atom. The van der Waals surface area contributed by atoms with Crippen LogP contribution in [0.5, 0.6) is 0 Å². The summed E-state index contributed by atoms with van der Waals surface area (Å²) in [5.41, 5.74) is 4.75. The zero-order valence-corrected chi connectivity index (χ0v) is 23.8. The molecule has 1 aliphatic heterocycles. The third-order valence-corrected chi connectivity index (χ3v) is 6.47. The van der Waals surface area contributed by atoms with Crippen molar-refractivity contribution in [2.75, 3.05) is 20.3 Å². The van der Waals surface area contributed by atoms with Gasteiger partial charge < -0.3 is 29.4 Å². The number of carbonyl (C=O) groups excluding carboxylic acids is 2. The Kier molecular flexibility index (Phi) is 11.5. The lowest BCUT2D eigenvalue weighted by molar-refractivity contribution is -0.161. The molecule has 0 aromatic carbocycles. The van der Waals surface area contributed by atoms with Crippen LogP contribution in [0, 0.1) is 5.92 Å². The number of ether oxygens (including phenoxy) is 5. The Morgan fingerprint density at radius 1 is 0.971 bits per heavy atom. The van der Waals surface area contributed by atoms with Crippen molar-refractivity contribution in [3.8, 4) is 0 Å². The second-order valence-electron chi connectivity index (χ2n) is 11.3. The van der Waals surface area contributed by atoms with Crippen LogP contribution in [0.1, 0.15) is 88.5 Å². The van der Waals surface area contributed by atoms with E-state index in [9.17, 15) is 9.59 Å². The molecule has 0 aromatic heterocycles. The molecular weight excluding hydrogens is 452 g/mol. The Hall–Kier alpha value is -1.42. The van der Waals surface area contributed by atoms with E-state index in [1.165, 1.54) is 4.90 Å². The summed E-state index contributed by atoms with van der Waals surface area (Å²) in [7, 11) is 1.63. The van der Waals surface area contributed by atoms with Crippen LogP contribution in [0.3, 0.4) is 0 Å². The summed E-state index contributed by atoms with van der Waals surface area (Å²) in [5, 5.41) is 0. The molecule has 1 unspecified atom stereocenters. The molecule has 35 heavy (non-hydrogen) atoms. The Morgan fingerprint density at radius 3 is 1.94 bits per heavy atom. The first-order valence-corrected chi connectivity index (χ1v) is 12.8. The van der Waals surface area contributed by atoms with Crippen LogP contribution in [0.4, 0.5) is 4.79 Å². The highest BCUT2D eigenvalue weighted by Crippen LogP contribution is 2.39. The molecule has 206 valence electrons. The topological polar surface area (TPSA) is 110 Å². The lowest BCUT2D eigenvalue weighted by atomic mass is 9.80. The third-order valence-electron chi connectivity index (χ3n) is 6.47. The summed E-state index contributed by atoms with van der Waals surface area (Å²) in [5.74, 6) is -0.748. The van der Waals surface area contributed by atoms with Crippen molar-refractivity contribution in [3.05, 3.63) is 0 Å². The zero-order valence-electron chi connectivity index (χ0n) is 23.8. The zero-order chi connectivity index (χ0) is 27.2. The first kappa shape index (κ1) is 31.6. The van der Waals surface area contributed by atoms with Gasteiger partial charge in [0.25, 0.3) is 0 Å². The molecule has 9 heteroatoms. The third kappa shape index (κ3) is 8.58. The lowest BCUT2D eigenvalue weighted by Crippen LogP contribution is -2.63. The standard InChI is InChI=1S/C26H50N2O7/c1-12-26(13-2,31-11)21(27)20-18(16-33-17(4)32-14-3)15-19(22(29)34-24(5,6)7)28(20)23(30)35-25(8,9)10/h17-21H,12-16,27H2,1-11H3/t17?,18-,19+,20+,21+/m0/s1. The number of esters is 1. The molecule has 1 saturated heterocycles. The van der Waals surface area contributed by atoms with Crippen molar-refractivity contribution < 1.29 is 33.3 Å². The normalized spacial score (nSPS) is 23.2. The fourth-order valence-electron chi connectivity index (χ4n) is 4.75. The van der Waals surface area contributed by atoms with Crippen molar-refractivity contribution >= 4 is 12.1 Å². The number of nitrogens with zero attached hydrogens (tertiary/aromatic N) is 1. The van der Waals surface area contributed by atoms with Gasteiger partial charge in [-0.3, -0.25) is 4.90 Å². The molecule has 0 aliphatic carbocycles. The molecule has 0 saturated carbocycles. The minimum atomic E-state index is -0.862. The molecule has 0 aromatic rings. The molecule has 1 amide bonds. The number of methoxy groups -OCH3 is 1. The van der Waals surface area contributed by atoms with Crippen molar-refractivity contribution in [3.63, 3.8) is 0 Å². The molecule has 0 radical (unpaired) electrons. The minimum absolute atomic E-state index is 0.255. The van der Waals surface area contributed by atoms with Gasteiger partial charge in [-0.2, -0.15) is 0 Å². The molecule has 9 nitrogen and oxygen atoms in total. The Bertz CT molecular complexity index is 674. The molecule has 2 N–H and O–H groups in total. The van der Waals surface area contributed by atoms with Gasteiger partial charge in [-0.1, -0.05) is 13.8 Å². The average Bonchev–Trinajstić information content (AvgIpc) is 3.11. The van der Waals surface area contributed by atoms with E-state index in [4.69, 9.17) is 29.4 Å². The fourth-order valence-corrected chi connectivity index (χ4v) is 4.75. The quantitative estimate of drug-likeness (QED) is 0.330. The Labute approximate surface area is 212 Å². The van der Waals surface area contributed by atoms with Gasteiger partial charge in [-0.05, 0) is 74.7 Å². The maximum Gasteiger partial charge on any atom is 0.411 e. The fraction of sp³-hybridized carbons (Fsp3) is 0.923. The van der Waals surface area contributed by atoms with Crippen molar-refractivity contribution in [1.29, 1.82) is 0 Å². The summed E-state index contributed by atoms with van der Waals surface area (Å²) in [6.45, 7) is 19.3. The van der Waals surface area contributed by atoms with E-state index in [0.29, 0.717) is 25.9 Å². The predicted molar refractivity (Wildman–Crippen MR) is 135 cm³/mol. The van der Waals surface area contributed by atoms with Crippen molar-refractivity contribution in [2.45, 2.75) is 130 Å². The predicted octanol–water partition coefficient (Wildman–Crippen LogP) is 4.25. The van der Waals surface area contributed by atoms with Gasteiger partial charge in [0.2, 0.25) is 0 Å². The van der Waals surface area contributed by atoms with Gasteiger partial charge in [-0.25, -0.2) is 9.59 Å². The minimum Gasteiger partial charge on any atom is -0.458 e. The number of nitrogens with two attached hydrogens (primary N) is 1. The van der Waals surface area contributed by atoms with Crippen molar-refractivity contribution in [2.24, 2.45) is 11.7 Å². The monoisotopic (exact) mass is 502 g/mol. The van der Waals surface area contributed by atoms with E-state index in [1.54, 1.807) is 48.7 Å². The number of likely N-dealkylation sites (tertiary alicyclic amines) is 1. The largest absolute Gasteiger partial charge is 0.458 e. The van der Waals surface area contributed by atoms with Crippen LogP contribution in [0.25, 0.3) is 0 Å². The van der Waals surface area contributed by atoms with Crippen LogP contribution in [0.15, 0.2) is 0 Å². The van der Waals surface area contributed by atoms with E-state index >= 15 is 0 Å². The van der Waals surface area contributed by atoms with E-state index in [-0.39, 0.29) is 12.5 Å². The maximum atomic E-state index is 13.6. The van der Waals surface area contributed by atoms with Crippen LogP contribution < -0.4 is 5.73 Å². The van der Waals surface area contributed by atoms with E-state index < -0.39 is 53.3 Å². The van der Waals surface area contributed by atoms with Gasteiger partial charge in [0.1, 0.15) is 17.2 Å². The van der Waals surface area contributed by atoms with Crippen LogP contribution in [-0.2, 0) is 28.5 Å².